The zero-order valence-electron chi connectivity index (χ0n) is 18.3. The second-order valence-corrected chi connectivity index (χ2v) is 7.74. The molecule has 1 rings (SSSR count). The lowest BCUT2D eigenvalue weighted by molar-refractivity contribution is -0.186. The van der Waals surface area contributed by atoms with Gasteiger partial charge in [-0.1, -0.05) is 56.3 Å². The number of benzene rings is 1. The van der Waals surface area contributed by atoms with Crippen LogP contribution in [0.2, 0.25) is 0 Å². The second kappa shape index (κ2) is 13.1. The standard InChI is InChI=1S/C23H35NO5/c1-19(25)27-16-10-9-15-22(23(3,4)18-28-20(2)26)24(5)29-17-11-14-21-12-7-6-8-13-21/h6-9,12-13,15,22H,10-11,14,16-18H2,1-5H3/b15-9+. The van der Waals surface area contributed by atoms with Crippen LogP contribution < -0.4 is 0 Å². The molecule has 0 amide bonds. The summed E-state index contributed by atoms with van der Waals surface area (Å²) in [6.07, 6.45) is 6.45. The lowest BCUT2D eigenvalue weighted by Gasteiger charge is -2.37. The topological polar surface area (TPSA) is 65.1 Å². The highest BCUT2D eigenvalue weighted by Gasteiger charge is 2.32. The van der Waals surface area contributed by atoms with Crippen molar-refractivity contribution in [2.24, 2.45) is 5.41 Å². The fraction of sp³-hybridized carbons (Fsp3) is 0.565. The lowest BCUT2D eigenvalue weighted by atomic mass is 9.84. The van der Waals surface area contributed by atoms with E-state index in [0.717, 1.165) is 12.8 Å². The largest absolute Gasteiger partial charge is 0.466 e. The van der Waals surface area contributed by atoms with Crippen molar-refractivity contribution in [3.05, 3.63) is 48.0 Å². The van der Waals surface area contributed by atoms with Gasteiger partial charge in [0.2, 0.25) is 0 Å². The van der Waals surface area contributed by atoms with Crippen LogP contribution in [0.3, 0.4) is 0 Å². The Morgan fingerprint density at radius 3 is 2.34 bits per heavy atom. The Balaban J connectivity index is 2.62. The maximum absolute atomic E-state index is 11.3. The van der Waals surface area contributed by atoms with Crippen molar-refractivity contribution in [2.45, 2.75) is 53.0 Å². The van der Waals surface area contributed by atoms with Gasteiger partial charge in [-0.3, -0.25) is 14.4 Å². The third-order valence-electron chi connectivity index (χ3n) is 4.50. The van der Waals surface area contributed by atoms with Gasteiger partial charge in [-0.2, -0.15) is 5.06 Å². The Hall–Kier alpha value is -2.18. The molecular weight excluding hydrogens is 370 g/mol. The summed E-state index contributed by atoms with van der Waals surface area (Å²) in [6, 6.07) is 10.2. The summed E-state index contributed by atoms with van der Waals surface area (Å²) >= 11 is 0. The van der Waals surface area contributed by atoms with E-state index in [-0.39, 0.29) is 30.0 Å². The van der Waals surface area contributed by atoms with Crippen LogP contribution in [0, 0.1) is 5.41 Å². The van der Waals surface area contributed by atoms with Crippen LogP contribution in [0.15, 0.2) is 42.5 Å². The molecule has 6 nitrogen and oxygen atoms in total. The van der Waals surface area contributed by atoms with Crippen LogP contribution in [0.5, 0.6) is 0 Å². The lowest BCUT2D eigenvalue weighted by Crippen LogP contribution is -2.44. The first-order valence-electron chi connectivity index (χ1n) is 10.1. The van der Waals surface area contributed by atoms with Gasteiger partial charge in [-0.05, 0) is 24.8 Å². The zero-order chi connectivity index (χ0) is 21.7. The normalized spacial score (nSPS) is 12.9. The molecule has 0 aliphatic rings. The van der Waals surface area contributed by atoms with E-state index in [1.165, 1.54) is 19.4 Å². The number of hydrogen-bond donors (Lipinski definition) is 0. The van der Waals surface area contributed by atoms with Crippen molar-refractivity contribution >= 4 is 11.9 Å². The minimum absolute atomic E-state index is 0.115. The molecule has 1 aromatic rings. The first-order valence-corrected chi connectivity index (χ1v) is 10.1. The SMILES string of the molecule is CC(=O)OCC/C=C/C(N(C)OCCCc1ccccc1)C(C)(C)COC(C)=O. The number of ether oxygens (including phenoxy) is 2. The molecule has 0 aromatic heterocycles. The molecule has 1 unspecified atom stereocenters. The van der Waals surface area contributed by atoms with Crippen LogP contribution in [0.25, 0.3) is 0 Å². The molecule has 0 spiro atoms. The van der Waals surface area contributed by atoms with Crippen LogP contribution in [-0.2, 0) is 30.3 Å². The van der Waals surface area contributed by atoms with Gasteiger partial charge < -0.3 is 9.47 Å². The summed E-state index contributed by atoms with van der Waals surface area (Å²) in [5.41, 5.74) is 0.925. The molecule has 0 radical (unpaired) electrons. The van der Waals surface area contributed by atoms with E-state index in [1.54, 1.807) is 0 Å². The summed E-state index contributed by atoms with van der Waals surface area (Å²) in [5, 5.41) is 1.82. The Bertz CT molecular complexity index is 642. The number of hydrogen-bond acceptors (Lipinski definition) is 6. The van der Waals surface area contributed by atoms with Crippen molar-refractivity contribution in [1.82, 2.24) is 5.06 Å². The Morgan fingerprint density at radius 1 is 1.07 bits per heavy atom. The minimum Gasteiger partial charge on any atom is -0.466 e. The van der Waals surface area contributed by atoms with Crippen LogP contribution in [0.1, 0.15) is 46.1 Å². The average molecular weight is 406 g/mol. The van der Waals surface area contributed by atoms with Crippen LogP contribution >= 0.6 is 0 Å². The number of carbonyl (C=O) groups excluding carboxylic acids is 2. The molecule has 0 N–H and O–H groups in total. The summed E-state index contributed by atoms with van der Waals surface area (Å²) < 4.78 is 10.2. The highest BCUT2D eigenvalue weighted by atomic mass is 16.7. The van der Waals surface area contributed by atoms with Gasteiger partial charge in [0.1, 0.15) is 0 Å². The second-order valence-electron chi connectivity index (χ2n) is 7.74. The van der Waals surface area contributed by atoms with Crippen LogP contribution in [0.4, 0.5) is 0 Å². The molecule has 6 heteroatoms. The molecule has 0 aliphatic heterocycles. The van der Waals surface area contributed by atoms with E-state index in [0.29, 0.717) is 19.6 Å². The van der Waals surface area contributed by atoms with E-state index >= 15 is 0 Å². The quantitative estimate of drug-likeness (QED) is 0.214. The molecule has 0 saturated heterocycles. The molecule has 0 fully saturated rings. The van der Waals surface area contributed by atoms with Gasteiger partial charge in [-0.25, -0.2) is 0 Å². The number of carbonyl (C=O) groups is 2. The Labute approximate surface area is 174 Å². The van der Waals surface area contributed by atoms with Crippen molar-refractivity contribution in [1.29, 1.82) is 0 Å². The molecule has 1 aromatic carbocycles. The van der Waals surface area contributed by atoms with Crippen molar-refractivity contribution in [2.75, 3.05) is 26.9 Å². The smallest absolute Gasteiger partial charge is 0.302 e. The summed E-state index contributed by atoms with van der Waals surface area (Å²) in [5.74, 6) is -0.592. The number of rotatable bonds is 13. The van der Waals surface area contributed by atoms with Crippen molar-refractivity contribution in [3.8, 4) is 0 Å². The van der Waals surface area contributed by atoms with Crippen molar-refractivity contribution < 1.29 is 23.9 Å². The molecule has 0 heterocycles. The fourth-order valence-electron chi connectivity index (χ4n) is 2.95. The van der Waals surface area contributed by atoms with Gasteiger partial charge >= 0.3 is 11.9 Å². The van der Waals surface area contributed by atoms with E-state index in [9.17, 15) is 9.59 Å². The number of aryl methyl sites for hydroxylation is 1. The molecule has 162 valence electrons. The Morgan fingerprint density at radius 2 is 1.72 bits per heavy atom. The first kappa shape index (κ1) is 24.9. The summed E-state index contributed by atoms with van der Waals surface area (Å²) in [6.45, 7) is 8.06. The van der Waals surface area contributed by atoms with Gasteiger partial charge in [0.25, 0.3) is 0 Å². The van der Waals surface area contributed by atoms with Crippen LogP contribution in [-0.4, -0.2) is 49.9 Å². The van der Waals surface area contributed by atoms with Gasteiger partial charge in [0.15, 0.2) is 0 Å². The highest BCUT2D eigenvalue weighted by Crippen LogP contribution is 2.27. The maximum atomic E-state index is 11.3. The Kier molecular flexibility index (Phi) is 11.2. The van der Waals surface area contributed by atoms with Gasteiger partial charge in [0, 0.05) is 26.3 Å². The van der Waals surface area contributed by atoms with Gasteiger partial charge in [-0.15, -0.1) is 0 Å². The molecule has 1 atom stereocenters. The maximum Gasteiger partial charge on any atom is 0.302 e. The number of likely N-dealkylation sites (N-methyl/N-ethyl adjacent to an activating group) is 1. The highest BCUT2D eigenvalue weighted by molar-refractivity contribution is 5.66. The first-order chi connectivity index (χ1) is 13.7. The number of nitrogens with zero attached hydrogens (tertiary/aromatic N) is 1. The minimum atomic E-state index is -0.363. The van der Waals surface area contributed by atoms with E-state index < -0.39 is 0 Å². The van der Waals surface area contributed by atoms with E-state index in [4.69, 9.17) is 14.3 Å². The van der Waals surface area contributed by atoms with E-state index in [2.05, 4.69) is 12.1 Å². The third-order valence-corrected chi connectivity index (χ3v) is 4.50. The predicted molar refractivity (Wildman–Crippen MR) is 113 cm³/mol. The molecule has 0 aliphatic carbocycles. The zero-order valence-corrected chi connectivity index (χ0v) is 18.3. The average Bonchev–Trinajstić information content (AvgIpc) is 2.66. The molecular formula is C23H35NO5. The molecule has 0 bridgehead atoms. The van der Waals surface area contributed by atoms with Crippen molar-refractivity contribution in [3.63, 3.8) is 0 Å². The monoisotopic (exact) mass is 405 g/mol. The van der Waals surface area contributed by atoms with Gasteiger partial charge in [0.05, 0.1) is 25.9 Å². The molecule has 29 heavy (non-hydrogen) atoms. The van der Waals surface area contributed by atoms with E-state index in [1.807, 2.05) is 56.3 Å². The predicted octanol–water partition coefficient (Wildman–Crippen LogP) is 3.95. The third kappa shape index (κ3) is 10.8. The summed E-state index contributed by atoms with van der Waals surface area (Å²) in [7, 11) is 1.89. The number of hydroxylamine groups is 2. The molecule has 0 saturated carbocycles. The number of esters is 2. The fourth-order valence-corrected chi connectivity index (χ4v) is 2.95. The summed E-state index contributed by atoms with van der Waals surface area (Å²) in [4.78, 5) is 28.1.